The van der Waals surface area contributed by atoms with Gasteiger partial charge in [0.15, 0.2) is 0 Å². The third-order valence-corrected chi connectivity index (χ3v) is 2.46. The molecular formula is C10H8N2O2S. The smallest absolute Gasteiger partial charge is 0.213 e. The van der Waals surface area contributed by atoms with Crippen LogP contribution in [0.3, 0.4) is 0 Å². The van der Waals surface area contributed by atoms with Crippen LogP contribution in [0.1, 0.15) is 16.1 Å². The molecule has 0 unspecified atom stereocenters. The number of carbonyl (C=O) groups excluding carboxylic acids is 1. The highest BCUT2D eigenvalue weighted by molar-refractivity contribution is 7.07. The number of thiazole rings is 1. The van der Waals surface area contributed by atoms with Gasteiger partial charge in [0.1, 0.15) is 11.4 Å². The van der Waals surface area contributed by atoms with Gasteiger partial charge in [0.2, 0.25) is 5.78 Å². The molecule has 0 atom stereocenters. The predicted molar refractivity (Wildman–Crippen MR) is 56.3 cm³/mol. The van der Waals surface area contributed by atoms with E-state index in [1.807, 2.05) is 0 Å². The predicted octanol–water partition coefficient (Wildman–Crippen LogP) is 1.78. The summed E-state index contributed by atoms with van der Waals surface area (Å²) in [6.45, 7) is 0. The molecule has 0 spiro atoms. The summed E-state index contributed by atoms with van der Waals surface area (Å²) in [7, 11) is 1.54. The highest BCUT2D eigenvalue weighted by Gasteiger charge is 2.11. The molecule has 5 heteroatoms. The minimum absolute atomic E-state index is 0.136. The van der Waals surface area contributed by atoms with Gasteiger partial charge in [-0.05, 0) is 6.07 Å². The summed E-state index contributed by atoms with van der Waals surface area (Å²) in [5, 5.41) is 1.71. The zero-order chi connectivity index (χ0) is 10.7. The first kappa shape index (κ1) is 9.79. The van der Waals surface area contributed by atoms with E-state index in [4.69, 9.17) is 4.74 Å². The van der Waals surface area contributed by atoms with Crippen LogP contribution in [-0.2, 0) is 0 Å². The van der Waals surface area contributed by atoms with Crippen molar-refractivity contribution >= 4 is 17.1 Å². The highest BCUT2D eigenvalue weighted by Crippen LogP contribution is 2.14. The van der Waals surface area contributed by atoms with Crippen molar-refractivity contribution in [2.45, 2.75) is 0 Å². The average molecular weight is 220 g/mol. The quantitative estimate of drug-likeness (QED) is 0.740. The lowest BCUT2D eigenvalue weighted by atomic mass is 10.1. The van der Waals surface area contributed by atoms with Gasteiger partial charge in [-0.1, -0.05) is 0 Å². The number of aromatic nitrogens is 2. The first-order valence-corrected chi connectivity index (χ1v) is 5.17. The summed E-state index contributed by atoms with van der Waals surface area (Å²) in [4.78, 5) is 19.7. The van der Waals surface area contributed by atoms with Gasteiger partial charge in [0.05, 0.1) is 18.8 Å². The summed E-state index contributed by atoms with van der Waals surface area (Å²) >= 11 is 1.39. The first-order chi connectivity index (χ1) is 7.31. The molecule has 0 fully saturated rings. The molecule has 0 bridgehead atoms. The Morgan fingerprint density at radius 2 is 2.33 bits per heavy atom. The Hall–Kier alpha value is -1.75. The second kappa shape index (κ2) is 4.18. The van der Waals surface area contributed by atoms with Gasteiger partial charge in [0, 0.05) is 17.1 Å². The van der Waals surface area contributed by atoms with E-state index in [1.165, 1.54) is 24.6 Å². The van der Waals surface area contributed by atoms with Gasteiger partial charge in [-0.25, -0.2) is 4.98 Å². The van der Waals surface area contributed by atoms with E-state index in [1.54, 1.807) is 23.2 Å². The van der Waals surface area contributed by atoms with E-state index in [-0.39, 0.29) is 5.78 Å². The van der Waals surface area contributed by atoms with Crippen LogP contribution >= 0.6 is 11.3 Å². The lowest BCUT2D eigenvalue weighted by Crippen LogP contribution is -2.02. The lowest BCUT2D eigenvalue weighted by Gasteiger charge is -2.00. The summed E-state index contributed by atoms with van der Waals surface area (Å²) < 4.78 is 4.99. The standard InChI is InChI=1S/C10H8N2O2S/c1-14-8-2-7(3-11-4-8)10(13)9-5-15-6-12-9/h2-6H,1H3. The summed E-state index contributed by atoms with van der Waals surface area (Å²) in [5.74, 6) is 0.429. The molecule has 76 valence electrons. The summed E-state index contributed by atoms with van der Waals surface area (Å²) in [6, 6.07) is 1.65. The Morgan fingerprint density at radius 3 is 3.00 bits per heavy atom. The Labute approximate surface area is 90.6 Å². The van der Waals surface area contributed by atoms with Crippen LogP contribution in [0.2, 0.25) is 0 Å². The average Bonchev–Trinajstić information content (AvgIpc) is 2.81. The molecular weight excluding hydrogens is 212 g/mol. The lowest BCUT2D eigenvalue weighted by molar-refractivity contribution is 0.103. The van der Waals surface area contributed by atoms with E-state index in [0.29, 0.717) is 17.0 Å². The van der Waals surface area contributed by atoms with E-state index < -0.39 is 0 Å². The van der Waals surface area contributed by atoms with Gasteiger partial charge in [-0.2, -0.15) is 0 Å². The second-order valence-electron chi connectivity index (χ2n) is 2.82. The highest BCUT2D eigenvalue weighted by atomic mass is 32.1. The molecule has 0 N–H and O–H groups in total. The molecule has 0 aliphatic rings. The van der Waals surface area contributed by atoms with E-state index in [9.17, 15) is 4.79 Å². The van der Waals surface area contributed by atoms with Crippen molar-refractivity contribution in [1.82, 2.24) is 9.97 Å². The van der Waals surface area contributed by atoms with Crippen LogP contribution in [0.5, 0.6) is 5.75 Å². The van der Waals surface area contributed by atoms with Crippen molar-refractivity contribution in [2.24, 2.45) is 0 Å². The van der Waals surface area contributed by atoms with Gasteiger partial charge in [-0.15, -0.1) is 11.3 Å². The van der Waals surface area contributed by atoms with E-state index in [0.717, 1.165) is 0 Å². The molecule has 0 aliphatic carbocycles. The normalized spacial score (nSPS) is 9.93. The van der Waals surface area contributed by atoms with Crippen LogP contribution < -0.4 is 4.74 Å². The zero-order valence-corrected chi connectivity index (χ0v) is 8.82. The molecule has 2 rings (SSSR count). The maximum Gasteiger partial charge on any atom is 0.213 e. The molecule has 0 saturated heterocycles. The molecule has 2 aromatic rings. The molecule has 2 aromatic heterocycles. The molecule has 0 saturated carbocycles. The molecule has 4 nitrogen and oxygen atoms in total. The Balaban J connectivity index is 2.34. The molecule has 0 aromatic carbocycles. The van der Waals surface area contributed by atoms with Gasteiger partial charge < -0.3 is 4.74 Å². The van der Waals surface area contributed by atoms with Gasteiger partial charge in [-0.3, -0.25) is 9.78 Å². The zero-order valence-electron chi connectivity index (χ0n) is 8.01. The topological polar surface area (TPSA) is 52.1 Å². The second-order valence-corrected chi connectivity index (χ2v) is 3.53. The molecule has 2 heterocycles. The Bertz CT molecular complexity index is 468. The molecule has 15 heavy (non-hydrogen) atoms. The third kappa shape index (κ3) is 2.02. The van der Waals surface area contributed by atoms with Crippen molar-refractivity contribution in [3.05, 3.63) is 40.6 Å². The van der Waals surface area contributed by atoms with Crippen molar-refractivity contribution in [3.63, 3.8) is 0 Å². The number of pyridine rings is 1. The number of ether oxygens (including phenoxy) is 1. The summed E-state index contributed by atoms with van der Waals surface area (Å²) in [5.41, 5.74) is 2.55. The van der Waals surface area contributed by atoms with Crippen molar-refractivity contribution in [2.75, 3.05) is 7.11 Å². The fourth-order valence-electron chi connectivity index (χ4n) is 1.13. The van der Waals surface area contributed by atoms with Crippen LogP contribution in [0.15, 0.2) is 29.4 Å². The monoisotopic (exact) mass is 220 g/mol. The Kier molecular flexibility index (Phi) is 2.73. The number of carbonyl (C=O) groups is 1. The van der Waals surface area contributed by atoms with Crippen LogP contribution in [0.4, 0.5) is 0 Å². The number of ketones is 1. The van der Waals surface area contributed by atoms with E-state index in [2.05, 4.69) is 9.97 Å². The fourth-order valence-corrected chi connectivity index (χ4v) is 1.66. The molecule has 0 aliphatic heterocycles. The molecule has 0 radical (unpaired) electrons. The number of nitrogens with zero attached hydrogens (tertiary/aromatic N) is 2. The summed E-state index contributed by atoms with van der Waals surface area (Å²) in [6.07, 6.45) is 3.06. The minimum Gasteiger partial charge on any atom is -0.495 e. The van der Waals surface area contributed by atoms with Gasteiger partial charge >= 0.3 is 0 Å². The number of methoxy groups -OCH3 is 1. The van der Waals surface area contributed by atoms with Crippen LogP contribution in [0.25, 0.3) is 0 Å². The SMILES string of the molecule is COc1cncc(C(=O)c2cscn2)c1. The van der Waals surface area contributed by atoms with Crippen LogP contribution in [0, 0.1) is 0 Å². The maximum absolute atomic E-state index is 11.8. The van der Waals surface area contributed by atoms with Gasteiger partial charge in [0.25, 0.3) is 0 Å². The van der Waals surface area contributed by atoms with Crippen LogP contribution in [-0.4, -0.2) is 22.9 Å². The number of hydrogen-bond acceptors (Lipinski definition) is 5. The number of rotatable bonds is 3. The molecule has 0 amide bonds. The van der Waals surface area contributed by atoms with Crippen molar-refractivity contribution in [3.8, 4) is 5.75 Å². The number of hydrogen-bond donors (Lipinski definition) is 0. The fraction of sp³-hybridized carbons (Fsp3) is 0.100. The largest absolute Gasteiger partial charge is 0.495 e. The van der Waals surface area contributed by atoms with E-state index >= 15 is 0 Å². The maximum atomic E-state index is 11.8. The van der Waals surface area contributed by atoms with Crippen molar-refractivity contribution in [1.29, 1.82) is 0 Å². The van der Waals surface area contributed by atoms with Crippen molar-refractivity contribution < 1.29 is 9.53 Å². The first-order valence-electron chi connectivity index (χ1n) is 4.23. The third-order valence-electron chi connectivity index (χ3n) is 1.88. The Morgan fingerprint density at radius 1 is 1.47 bits per heavy atom. The minimum atomic E-state index is -0.136.